The average molecular weight is 392 g/mol. The van der Waals surface area contributed by atoms with Crippen LogP contribution in [0.25, 0.3) is 0 Å². The fourth-order valence-corrected chi connectivity index (χ4v) is 3.99. The van der Waals surface area contributed by atoms with Crippen molar-refractivity contribution in [1.29, 1.82) is 0 Å². The zero-order valence-corrected chi connectivity index (χ0v) is 15.2. The number of ether oxygens (including phenoxy) is 1. The third-order valence-corrected chi connectivity index (χ3v) is 5.57. The van der Waals surface area contributed by atoms with Crippen molar-refractivity contribution in [2.24, 2.45) is 0 Å². The number of carbonyl (C=O) groups is 1. The molecule has 1 spiro atoms. The second-order valence-corrected chi connectivity index (χ2v) is 7.85. The summed E-state index contributed by atoms with van der Waals surface area (Å²) < 4.78 is 44.6. The molecule has 2 aliphatic heterocycles. The number of likely N-dealkylation sites (tertiary alicyclic amines) is 1. The topological polar surface area (TPSA) is 49.8 Å². The summed E-state index contributed by atoms with van der Waals surface area (Å²) in [5, 5.41) is 10.3. The molecular weight excluding hydrogens is 371 g/mol. The van der Waals surface area contributed by atoms with E-state index in [-0.39, 0.29) is 10.6 Å². The molecule has 0 radical (unpaired) electrons. The molecule has 0 aromatic heterocycles. The van der Waals surface area contributed by atoms with Gasteiger partial charge in [0.25, 0.3) is 5.91 Å². The van der Waals surface area contributed by atoms with Crippen molar-refractivity contribution in [2.45, 2.75) is 50.0 Å². The Morgan fingerprint density at radius 2 is 1.92 bits per heavy atom. The molecular formula is C18H21ClF3NO3. The van der Waals surface area contributed by atoms with E-state index in [0.717, 1.165) is 18.2 Å². The molecule has 3 rings (SSSR count). The van der Waals surface area contributed by atoms with Gasteiger partial charge in [-0.3, -0.25) is 4.79 Å². The molecule has 26 heavy (non-hydrogen) atoms. The highest BCUT2D eigenvalue weighted by molar-refractivity contribution is 6.33. The Hall–Kier alpha value is -1.31. The molecule has 0 bridgehead atoms. The maximum Gasteiger partial charge on any atom is 0.416 e. The zero-order valence-electron chi connectivity index (χ0n) is 14.4. The monoisotopic (exact) mass is 391 g/mol. The van der Waals surface area contributed by atoms with Crippen LogP contribution < -0.4 is 0 Å². The van der Waals surface area contributed by atoms with Crippen LogP contribution in [0.5, 0.6) is 0 Å². The predicted molar refractivity (Wildman–Crippen MR) is 90.1 cm³/mol. The molecule has 2 saturated heterocycles. The van der Waals surface area contributed by atoms with Gasteiger partial charge in [-0.25, -0.2) is 0 Å². The predicted octanol–water partition coefficient (Wildman–Crippen LogP) is 3.90. The van der Waals surface area contributed by atoms with Crippen molar-refractivity contribution in [3.05, 3.63) is 34.3 Å². The number of alkyl halides is 3. The zero-order chi connectivity index (χ0) is 19.2. The summed E-state index contributed by atoms with van der Waals surface area (Å²) in [6.45, 7) is 2.93. The Bertz CT molecular complexity index is 697. The summed E-state index contributed by atoms with van der Waals surface area (Å²) in [6, 6.07) is 2.77. The quantitative estimate of drug-likeness (QED) is 0.790. The molecule has 1 aromatic carbocycles. The van der Waals surface area contributed by atoms with Gasteiger partial charge < -0.3 is 14.7 Å². The van der Waals surface area contributed by atoms with Crippen molar-refractivity contribution in [1.82, 2.24) is 4.90 Å². The maximum atomic E-state index is 12.9. The number of aliphatic hydroxyl groups is 1. The smallest absolute Gasteiger partial charge is 0.390 e. The van der Waals surface area contributed by atoms with Crippen molar-refractivity contribution in [2.75, 3.05) is 19.7 Å². The van der Waals surface area contributed by atoms with E-state index in [4.69, 9.17) is 16.3 Å². The van der Waals surface area contributed by atoms with Gasteiger partial charge in [0.1, 0.15) is 0 Å². The number of amides is 1. The van der Waals surface area contributed by atoms with E-state index in [1.807, 2.05) is 0 Å². The molecule has 4 nitrogen and oxygen atoms in total. The SMILES string of the molecule is CC1(O)CCOC2(CCN(C(=O)c3cc(C(F)(F)F)ccc3Cl)CC2)C1. The number of halogens is 4. The lowest BCUT2D eigenvalue weighted by atomic mass is 9.78. The molecule has 1 N–H and O–H groups in total. The number of piperidine rings is 1. The minimum atomic E-state index is -4.53. The maximum absolute atomic E-state index is 12.9. The summed E-state index contributed by atoms with van der Waals surface area (Å²) in [7, 11) is 0. The minimum absolute atomic E-state index is 0.000126. The van der Waals surface area contributed by atoms with Crippen LogP contribution in [0, 0.1) is 0 Å². The van der Waals surface area contributed by atoms with E-state index in [9.17, 15) is 23.1 Å². The van der Waals surface area contributed by atoms with E-state index in [0.29, 0.717) is 45.4 Å². The summed E-state index contributed by atoms with van der Waals surface area (Å²) in [4.78, 5) is 14.2. The van der Waals surface area contributed by atoms with E-state index in [2.05, 4.69) is 0 Å². The Kier molecular flexibility index (Phi) is 5.01. The number of nitrogens with zero attached hydrogens (tertiary/aromatic N) is 1. The van der Waals surface area contributed by atoms with Crippen LogP contribution in [0.15, 0.2) is 18.2 Å². The van der Waals surface area contributed by atoms with Crippen LogP contribution in [0.1, 0.15) is 48.5 Å². The first-order valence-electron chi connectivity index (χ1n) is 8.54. The van der Waals surface area contributed by atoms with Crippen LogP contribution in [-0.2, 0) is 10.9 Å². The Labute approximate surface area is 154 Å². The second kappa shape index (κ2) is 6.69. The molecule has 1 aromatic rings. The van der Waals surface area contributed by atoms with E-state index < -0.39 is 28.8 Å². The number of carbonyl (C=O) groups excluding carboxylic acids is 1. The molecule has 1 atom stereocenters. The average Bonchev–Trinajstić information content (AvgIpc) is 2.53. The van der Waals surface area contributed by atoms with Crippen LogP contribution >= 0.6 is 11.6 Å². The van der Waals surface area contributed by atoms with Crippen LogP contribution in [0.3, 0.4) is 0 Å². The Morgan fingerprint density at radius 1 is 1.27 bits per heavy atom. The standard InChI is InChI=1S/C18H21ClF3NO3/c1-16(25)6-9-26-17(11-16)4-7-23(8-5-17)15(24)13-10-12(18(20,21)22)2-3-14(13)19/h2-3,10,25H,4-9,11H2,1H3. The van der Waals surface area contributed by atoms with Crippen LogP contribution in [0.4, 0.5) is 13.2 Å². The molecule has 8 heteroatoms. The van der Waals surface area contributed by atoms with Gasteiger partial charge in [-0.1, -0.05) is 11.6 Å². The van der Waals surface area contributed by atoms with Gasteiger partial charge in [-0.2, -0.15) is 13.2 Å². The minimum Gasteiger partial charge on any atom is -0.390 e. The van der Waals surface area contributed by atoms with E-state index >= 15 is 0 Å². The highest BCUT2D eigenvalue weighted by atomic mass is 35.5. The molecule has 0 aliphatic carbocycles. The second-order valence-electron chi connectivity index (χ2n) is 7.44. The fraction of sp³-hybridized carbons (Fsp3) is 0.611. The third kappa shape index (κ3) is 4.00. The van der Waals surface area contributed by atoms with Crippen molar-refractivity contribution >= 4 is 17.5 Å². The fourth-order valence-electron chi connectivity index (χ4n) is 3.80. The lowest BCUT2D eigenvalue weighted by molar-refractivity contribution is -0.170. The normalized spacial score (nSPS) is 26.2. The van der Waals surface area contributed by atoms with Gasteiger partial charge in [0, 0.05) is 19.5 Å². The molecule has 2 heterocycles. The first-order chi connectivity index (χ1) is 12.0. The number of hydrogen-bond acceptors (Lipinski definition) is 3. The van der Waals surface area contributed by atoms with Gasteiger partial charge in [-0.15, -0.1) is 0 Å². The van der Waals surface area contributed by atoms with E-state index in [1.165, 1.54) is 4.90 Å². The molecule has 2 fully saturated rings. The number of rotatable bonds is 1. The number of benzene rings is 1. The first kappa shape index (κ1) is 19.5. The molecule has 0 saturated carbocycles. The van der Waals surface area contributed by atoms with Crippen LogP contribution in [0.2, 0.25) is 5.02 Å². The summed E-state index contributed by atoms with van der Waals surface area (Å²) in [5.74, 6) is -0.515. The summed E-state index contributed by atoms with van der Waals surface area (Å²) in [6.07, 6.45) is -2.41. The van der Waals surface area contributed by atoms with Gasteiger partial charge in [0.15, 0.2) is 0 Å². The Morgan fingerprint density at radius 3 is 2.50 bits per heavy atom. The summed E-state index contributed by atoms with van der Waals surface area (Å²) >= 11 is 5.97. The van der Waals surface area contributed by atoms with E-state index in [1.54, 1.807) is 6.92 Å². The van der Waals surface area contributed by atoms with Crippen LogP contribution in [-0.4, -0.2) is 46.8 Å². The molecule has 1 amide bonds. The summed E-state index contributed by atoms with van der Waals surface area (Å²) in [5.41, 5.74) is -2.32. The van der Waals surface area contributed by atoms with Gasteiger partial charge in [-0.05, 0) is 44.4 Å². The lowest BCUT2D eigenvalue weighted by Crippen LogP contribution is -2.54. The molecule has 1 unspecified atom stereocenters. The molecule has 144 valence electrons. The van der Waals surface area contributed by atoms with Gasteiger partial charge in [0.05, 0.1) is 34.0 Å². The lowest BCUT2D eigenvalue weighted by Gasteiger charge is -2.48. The highest BCUT2D eigenvalue weighted by Gasteiger charge is 2.45. The van der Waals surface area contributed by atoms with Crippen molar-refractivity contribution < 1.29 is 27.8 Å². The highest BCUT2D eigenvalue weighted by Crippen LogP contribution is 2.40. The van der Waals surface area contributed by atoms with Gasteiger partial charge >= 0.3 is 6.18 Å². The number of hydrogen-bond donors (Lipinski definition) is 1. The van der Waals surface area contributed by atoms with Crippen molar-refractivity contribution in [3.63, 3.8) is 0 Å². The van der Waals surface area contributed by atoms with Crippen molar-refractivity contribution in [3.8, 4) is 0 Å². The molecule has 2 aliphatic rings. The van der Waals surface area contributed by atoms with Gasteiger partial charge in [0.2, 0.25) is 0 Å². The third-order valence-electron chi connectivity index (χ3n) is 5.24. The first-order valence-corrected chi connectivity index (χ1v) is 8.92. The Balaban J connectivity index is 1.73. The largest absolute Gasteiger partial charge is 0.416 e.